The molecule has 8 nitrogen and oxygen atoms in total. The Bertz CT molecular complexity index is 1190. The molecule has 1 amide bonds. The highest BCUT2D eigenvalue weighted by Crippen LogP contribution is 2.27. The van der Waals surface area contributed by atoms with E-state index in [1.807, 2.05) is 0 Å². The van der Waals surface area contributed by atoms with Gasteiger partial charge in [-0.05, 0) is 49.2 Å². The van der Waals surface area contributed by atoms with Gasteiger partial charge in [-0.25, -0.2) is 13.4 Å². The van der Waals surface area contributed by atoms with Crippen LogP contribution in [0.1, 0.15) is 42.5 Å². The fourth-order valence-electron chi connectivity index (χ4n) is 3.88. The topological polar surface area (TPSA) is 101 Å². The molecule has 1 aliphatic rings. The van der Waals surface area contributed by atoms with Crippen LogP contribution in [-0.4, -0.2) is 41.7 Å². The molecular weight excluding hydrogens is 440 g/mol. The molecule has 0 spiro atoms. The van der Waals surface area contributed by atoms with Crippen LogP contribution in [0, 0.1) is 0 Å². The van der Waals surface area contributed by atoms with Gasteiger partial charge in [-0.3, -0.25) is 9.78 Å². The molecular formula is C24H26N4O4S. The Morgan fingerprint density at radius 2 is 1.82 bits per heavy atom. The molecule has 2 aromatic carbocycles. The summed E-state index contributed by atoms with van der Waals surface area (Å²) in [5.41, 5.74) is 0.893. The third kappa shape index (κ3) is 5.55. The summed E-state index contributed by atoms with van der Waals surface area (Å²) in [5.74, 6) is 0.493. The number of amides is 1. The van der Waals surface area contributed by atoms with Crippen molar-refractivity contribution >= 4 is 21.6 Å². The molecule has 3 aromatic rings. The van der Waals surface area contributed by atoms with E-state index in [9.17, 15) is 13.2 Å². The van der Waals surface area contributed by atoms with Crippen molar-refractivity contribution in [3.05, 3.63) is 72.7 Å². The fraction of sp³-hybridized carbons (Fsp3) is 0.292. The molecule has 1 fully saturated rings. The molecule has 1 N–H and O–H groups in total. The van der Waals surface area contributed by atoms with Crippen LogP contribution in [0.2, 0.25) is 0 Å². The van der Waals surface area contributed by atoms with Crippen LogP contribution in [0.4, 0.5) is 5.69 Å². The Morgan fingerprint density at radius 1 is 1.06 bits per heavy atom. The average Bonchev–Trinajstić information content (AvgIpc) is 2.85. The predicted molar refractivity (Wildman–Crippen MR) is 125 cm³/mol. The Balaban J connectivity index is 1.43. The Morgan fingerprint density at radius 3 is 2.52 bits per heavy atom. The highest BCUT2D eigenvalue weighted by molar-refractivity contribution is 7.89. The molecule has 9 heteroatoms. The Hall–Kier alpha value is -3.30. The number of carbonyl (C=O) groups excluding carboxylic acids is 1. The van der Waals surface area contributed by atoms with E-state index >= 15 is 0 Å². The lowest BCUT2D eigenvalue weighted by molar-refractivity contribution is 0.102. The highest BCUT2D eigenvalue weighted by Gasteiger charge is 2.29. The van der Waals surface area contributed by atoms with Gasteiger partial charge in [0, 0.05) is 42.8 Å². The predicted octanol–water partition coefficient (Wildman–Crippen LogP) is 4.47. The van der Waals surface area contributed by atoms with Gasteiger partial charge < -0.3 is 10.1 Å². The number of ether oxygens (including phenoxy) is 1. The standard InChI is InChI=1S/C24H26N4O4S/c1-28(20-7-3-2-4-8-20)33(30,31)22-12-10-18(11-13-22)24(29)27-19-6-5-9-21(16-19)32-23-17-25-14-15-26-23/h5-6,9-17,20H,2-4,7-8H2,1H3,(H,27,29). The molecule has 1 aliphatic carbocycles. The molecule has 1 saturated carbocycles. The number of carbonyl (C=O) groups is 1. The number of nitrogens with one attached hydrogen (secondary N) is 1. The summed E-state index contributed by atoms with van der Waals surface area (Å²) in [6, 6.07) is 12.9. The molecule has 0 bridgehead atoms. The molecule has 33 heavy (non-hydrogen) atoms. The lowest BCUT2D eigenvalue weighted by Crippen LogP contribution is -2.38. The molecule has 0 aliphatic heterocycles. The largest absolute Gasteiger partial charge is 0.437 e. The van der Waals surface area contributed by atoms with E-state index in [2.05, 4.69) is 15.3 Å². The number of hydrogen-bond donors (Lipinski definition) is 1. The third-order valence-electron chi connectivity index (χ3n) is 5.74. The van der Waals surface area contributed by atoms with E-state index in [0.717, 1.165) is 32.1 Å². The monoisotopic (exact) mass is 466 g/mol. The summed E-state index contributed by atoms with van der Waals surface area (Å²) in [4.78, 5) is 20.9. The molecule has 0 saturated heterocycles. The molecule has 1 heterocycles. The van der Waals surface area contributed by atoms with Gasteiger partial charge >= 0.3 is 0 Å². The van der Waals surface area contributed by atoms with Crippen molar-refractivity contribution in [1.82, 2.24) is 14.3 Å². The van der Waals surface area contributed by atoms with Gasteiger partial charge in [0.2, 0.25) is 15.9 Å². The van der Waals surface area contributed by atoms with E-state index < -0.39 is 10.0 Å². The zero-order valence-corrected chi connectivity index (χ0v) is 19.2. The maximum absolute atomic E-state index is 13.0. The molecule has 0 atom stereocenters. The van der Waals surface area contributed by atoms with Crippen molar-refractivity contribution in [2.24, 2.45) is 0 Å². The van der Waals surface area contributed by atoms with Crippen molar-refractivity contribution in [2.75, 3.05) is 12.4 Å². The van der Waals surface area contributed by atoms with Gasteiger partial charge in [-0.15, -0.1) is 0 Å². The normalized spacial score (nSPS) is 14.7. The quantitative estimate of drug-likeness (QED) is 0.551. The number of hydrogen-bond acceptors (Lipinski definition) is 6. The molecule has 0 radical (unpaired) electrons. The van der Waals surface area contributed by atoms with E-state index in [0.29, 0.717) is 22.9 Å². The lowest BCUT2D eigenvalue weighted by Gasteiger charge is -2.30. The van der Waals surface area contributed by atoms with Gasteiger partial charge in [0.1, 0.15) is 5.75 Å². The number of nitrogens with zero attached hydrogens (tertiary/aromatic N) is 3. The number of aromatic nitrogens is 2. The maximum Gasteiger partial charge on any atom is 0.255 e. The zero-order chi connectivity index (χ0) is 23.3. The molecule has 172 valence electrons. The SMILES string of the molecule is CN(C1CCCCC1)S(=O)(=O)c1ccc(C(=O)Nc2cccc(Oc3cnccn3)c2)cc1. The summed E-state index contributed by atoms with van der Waals surface area (Å²) >= 11 is 0. The highest BCUT2D eigenvalue weighted by atomic mass is 32.2. The van der Waals surface area contributed by atoms with Crippen molar-refractivity contribution in [1.29, 1.82) is 0 Å². The zero-order valence-electron chi connectivity index (χ0n) is 18.3. The van der Waals surface area contributed by atoms with Crippen molar-refractivity contribution in [3.63, 3.8) is 0 Å². The summed E-state index contributed by atoms with van der Waals surface area (Å²) in [7, 11) is -1.96. The van der Waals surface area contributed by atoms with Crippen LogP contribution in [-0.2, 0) is 10.0 Å². The van der Waals surface area contributed by atoms with Crippen LogP contribution < -0.4 is 10.1 Å². The van der Waals surface area contributed by atoms with E-state index in [4.69, 9.17) is 4.74 Å². The minimum absolute atomic E-state index is 0.0306. The van der Waals surface area contributed by atoms with E-state index in [1.165, 1.54) is 41.0 Å². The van der Waals surface area contributed by atoms with E-state index in [1.54, 1.807) is 37.5 Å². The van der Waals surface area contributed by atoms with Crippen LogP contribution >= 0.6 is 0 Å². The minimum atomic E-state index is -3.60. The Labute approximate surface area is 193 Å². The Kier molecular flexibility index (Phi) is 7.00. The van der Waals surface area contributed by atoms with Crippen LogP contribution in [0.3, 0.4) is 0 Å². The molecule has 0 unspecified atom stereocenters. The fourth-order valence-corrected chi connectivity index (χ4v) is 5.30. The van der Waals surface area contributed by atoms with Gasteiger partial charge in [-0.1, -0.05) is 25.3 Å². The molecule has 1 aromatic heterocycles. The average molecular weight is 467 g/mol. The first-order valence-corrected chi connectivity index (χ1v) is 12.3. The van der Waals surface area contributed by atoms with Gasteiger partial charge in [0.25, 0.3) is 5.91 Å². The summed E-state index contributed by atoms with van der Waals surface area (Å²) < 4.78 is 33.1. The van der Waals surface area contributed by atoms with Crippen molar-refractivity contribution < 1.29 is 17.9 Å². The summed E-state index contributed by atoms with van der Waals surface area (Å²) in [5, 5.41) is 2.80. The van der Waals surface area contributed by atoms with Gasteiger partial charge in [0.05, 0.1) is 11.1 Å². The minimum Gasteiger partial charge on any atom is -0.437 e. The first-order valence-electron chi connectivity index (χ1n) is 10.9. The third-order valence-corrected chi connectivity index (χ3v) is 7.66. The van der Waals surface area contributed by atoms with Crippen molar-refractivity contribution in [2.45, 2.75) is 43.0 Å². The second-order valence-corrected chi connectivity index (χ2v) is 9.96. The maximum atomic E-state index is 13.0. The smallest absolute Gasteiger partial charge is 0.255 e. The second kappa shape index (κ2) is 10.1. The summed E-state index contributed by atoms with van der Waals surface area (Å²) in [6.45, 7) is 0. The van der Waals surface area contributed by atoms with Crippen LogP contribution in [0.5, 0.6) is 11.6 Å². The van der Waals surface area contributed by atoms with Crippen LogP contribution in [0.15, 0.2) is 72.0 Å². The van der Waals surface area contributed by atoms with E-state index in [-0.39, 0.29) is 16.8 Å². The van der Waals surface area contributed by atoms with Gasteiger partial charge in [0.15, 0.2) is 0 Å². The van der Waals surface area contributed by atoms with Crippen molar-refractivity contribution in [3.8, 4) is 11.6 Å². The molecule has 4 rings (SSSR count). The number of anilines is 1. The second-order valence-electron chi connectivity index (χ2n) is 7.97. The lowest BCUT2D eigenvalue weighted by atomic mass is 9.96. The number of sulfonamides is 1. The first-order chi connectivity index (χ1) is 15.9. The number of rotatable bonds is 7. The van der Waals surface area contributed by atoms with Crippen LogP contribution in [0.25, 0.3) is 0 Å². The first kappa shape index (κ1) is 22.9. The number of benzene rings is 2. The van der Waals surface area contributed by atoms with Gasteiger partial charge in [-0.2, -0.15) is 4.31 Å². The summed E-state index contributed by atoms with van der Waals surface area (Å²) in [6.07, 6.45) is 9.59.